The summed E-state index contributed by atoms with van der Waals surface area (Å²) in [5, 5.41) is 2.75. The van der Waals surface area contributed by atoms with Crippen LogP contribution in [0.5, 0.6) is 0 Å². The van der Waals surface area contributed by atoms with Crippen molar-refractivity contribution >= 4 is 11.9 Å². The molecule has 4 heteroatoms. The molecule has 0 unspecified atom stereocenters. The van der Waals surface area contributed by atoms with Gasteiger partial charge in [-0.3, -0.25) is 10.1 Å². The summed E-state index contributed by atoms with van der Waals surface area (Å²) < 4.78 is 0. The van der Waals surface area contributed by atoms with Crippen LogP contribution in [0.1, 0.15) is 36.7 Å². The van der Waals surface area contributed by atoms with Gasteiger partial charge in [-0.2, -0.15) is 0 Å². The van der Waals surface area contributed by atoms with Crippen LogP contribution in [0.4, 0.5) is 5.95 Å². The van der Waals surface area contributed by atoms with Crippen molar-refractivity contribution < 1.29 is 4.79 Å². The molecular weight excluding hydrogens is 226 g/mol. The molecule has 1 heterocycles. The zero-order chi connectivity index (χ0) is 13.2. The average Bonchev–Trinajstić information content (AvgIpc) is 2.80. The highest BCUT2D eigenvalue weighted by molar-refractivity contribution is 6.04. The van der Waals surface area contributed by atoms with E-state index in [2.05, 4.69) is 36.1 Å². The van der Waals surface area contributed by atoms with Gasteiger partial charge in [0.2, 0.25) is 5.95 Å². The fourth-order valence-corrected chi connectivity index (χ4v) is 1.84. The lowest BCUT2D eigenvalue weighted by Gasteiger charge is -2.22. The van der Waals surface area contributed by atoms with Gasteiger partial charge >= 0.3 is 0 Å². The quantitative estimate of drug-likeness (QED) is 0.852. The third-order valence-electron chi connectivity index (χ3n) is 2.71. The summed E-state index contributed by atoms with van der Waals surface area (Å²) in [6.45, 7) is 6.27. The summed E-state index contributed by atoms with van der Waals surface area (Å²) in [6, 6.07) is 7.63. The van der Waals surface area contributed by atoms with Crippen molar-refractivity contribution in [3.05, 3.63) is 47.8 Å². The second kappa shape index (κ2) is 4.64. The lowest BCUT2D eigenvalue weighted by molar-refractivity contribution is 0.102. The summed E-state index contributed by atoms with van der Waals surface area (Å²) >= 11 is 0. The number of aromatic nitrogens is 2. The van der Waals surface area contributed by atoms with Crippen LogP contribution >= 0.6 is 0 Å². The summed E-state index contributed by atoms with van der Waals surface area (Å²) in [5.41, 5.74) is 1.63. The Balaban J connectivity index is 2.31. The summed E-state index contributed by atoms with van der Waals surface area (Å²) in [4.78, 5) is 19.0. The zero-order valence-corrected chi connectivity index (χ0v) is 10.8. The number of carbonyl (C=O) groups excluding carboxylic acids is 1. The maximum atomic E-state index is 12.2. The van der Waals surface area contributed by atoms with Gasteiger partial charge in [-0.1, -0.05) is 39.0 Å². The molecular formula is C14H17N3O. The molecule has 0 aliphatic rings. The number of carbonyl (C=O) groups is 1. The Morgan fingerprint density at radius 2 is 2.00 bits per heavy atom. The molecule has 0 bridgehead atoms. The largest absolute Gasteiger partial charge is 0.331 e. The van der Waals surface area contributed by atoms with E-state index < -0.39 is 0 Å². The molecule has 94 valence electrons. The van der Waals surface area contributed by atoms with Gasteiger partial charge in [-0.05, 0) is 17.0 Å². The summed E-state index contributed by atoms with van der Waals surface area (Å²) in [7, 11) is 0. The van der Waals surface area contributed by atoms with Crippen LogP contribution in [0.25, 0.3) is 0 Å². The average molecular weight is 243 g/mol. The highest BCUT2D eigenvalue weighted by Gasteiger charge is 2.21. The Labute approximate surface area is 106 Å². The van der Waals surface area contributed by atoms with Crippen LogP contribution in [0.3, 0.4) is 0 Å². The third kappa shape index (κ3) is 2.59. The summed E-state index contributed by atoms with van der Waals surface area (Å²) in [5.74, 6) is 0.319. The molecule has 0 saturated heterocycles. The first-order valence-corrected chi connectivity index (χ1v) is 5.89. The van der Waals surface area contributed by atoms with Crippen molar-refractivity contribution in [2.24, 2.45) is 0 Å². The number of amides is 1. The van der Waals surface area contributed by atoms with Gasteiger partial charge < -0.3 is 4.98 Å². The molecule has 2 aromatic rings. The smallest absolute Gasteiger partial charge is 0.258 e. The van der Waals surface area contributed by atoms with E-state index in [1.54, 1.807) is 12.4 Å². The first kappa shape index (κ1) is 12.4. The van der Waals surface area contributed by atoms with Crippen molar-refractivity contribution in [2.75, 3.05) is 5.32 Å². The number of anilines is 1. The highest BCUT2D eigenvalue weighted by Crippen LogP contribution is 2.26. The van der Waals surface area contributed by atoms with Crippen LogP contribution in [0, 0.1) is 0 Å². The molecule has 18 heavy (non-hydrogen) atoms. The number of H-pyrrole nitrogens is 1. The van der Waals surface area contributed by atoms with Gasteiger partial charge in [-0.15, -0.1) is 0 Å². The molecule has 1 aromatic carbocycles. The van der Waals surface area contributed by atoms with Crippen molar-refractivity contribution in [2.45, 2.75) is 26.2 Å². The molecule has 0 atom stereocenters. The minimum atomic E-state index is -0.143. The van der Waals surface area contributed by atoms with E-state index >= 15 is 0 Å². The van der Waals surface area contributed by atoms with Gasteiger partial charge in [-0.25, -0.2) is 4.98 Å². The van der Waals surface area contributed by atoms with E-state index in [1.165, 1.54) is 0 Å². The Hall–Kier alpha value is -2.10. The van der Waals surface area contributed by atoms with Gasteiger partial charge in [0, 0.05) is 18.0 Å². The number of hydrogen-bond donors (Lipinski definition) is 2. The van der Waals surface area contributed by atoms with E-state index in [9.17, 15) is 4.79 Å². The number of benzene rings is 1. The standard InChI is InChI=1S/C14H17N3O/c1-14(2,3)11-7-5-4-6-10(11)12(18)17-13-15-8-9-16-13/h4-9H,1-3H3,(H2,15,16,17,18). The van der Waals surface area contributed by atoms with Crippen LogP contribution in [-0.4, -0.2) is 15.9 Å². The maximum Gasteiger partial charge on any atom is 0.258 e. The second-order valence-corrected chi connectivity index (χ2v) is 5.19. The fraction of sp³-hybridized carbons (Fsp3) is 0.286. The Morgan fingerprint density at radius 1 is 1.28 bits per heavy atom. The lowest BCUT2D eigenvalue weighted by Crippen LogP contribution is -2.21. The minimum Gasteiger partial charge on any atom is -0.331 e. The first-order chi connectivity index (χ1) is 8.48. The molecule has 2 N–H and O–H groups in total. The summed E-state index contributed by atoms with van der Waals surface area (Å²) in [6.07, 6.45) is 3.27. The predicted octanol–water partition coefficient (Wildman–Crippen LogP) is 2.96. The normalized spacial score (nSPS) is 11.3. The molecule has 0 aliphatic carbocycles. The molecule has 1 aromatic heterocycles. The molecule has 4 nitrogen and oxygen atoms in total. The molecule has 0 saturated carbocycles. The third-order valence-corrected chi connectivity index (χ3v) is 2.71. The van der Waals surface area contributed by atoms with E-state index in [4.69, 9.17) is 0 Å². The zero-order valence-electron chi connectivity index (χ0n) is 10.8. The molecule has 0 aliphatic heterocycles. The van der Waals surface area contributed by atoms with Crippen molar-refractivity contribution in [3.63, 3.8) is 0 Å². The minimum absolute atomic E-state index is 0.0723. The van der Waals surface area contributed by atoms with Crippen LogP contribution in [0.2, 0.25) is 0 Å². The maximum absolute atomic E-state index is 12.2. The monoisotopic (exact) mass is 243 g/mol. The second-order valence-electron chi connectivity index (χ2n) is 5.19. The number of nitrogens with zero attached hydrogens (tertiary/aromatic N) is 1. The van der Waals surface area contributed by atoms with Gasteiger partial charge in [0.25, 0.3) is 5.91 Å². The van der Waals surface area contributed by atoms with Crippen LogP contribution in [0.15, 0.2) is 36.7 Å². The number of rotatable bonds is 2. The fourth-order valence-electron chi connectivity index (χ4n) is 1.84. The van der Waals surface area contributed by atoms with Crippen LogP contribution < -0.4 is 5.32 Å². The number of nitrogens with one attached hydrogen (secondary N) is 2. The molecule has 0 spiro atoms. The molecule has 2 rings (SSSR count). The van der Waals surface area contributed by atoms with Gasteiger partial charge in [0.15, 0.2) is 0 Å². The highest BCUT2D eigenvalue weighted by atomic mass is 16.1. The SMILES string of the molecule is CC(C)(C)c1ccccc1C(=O)Nc1ncc[nH]1. The van der Waals surface area contributed by atoms with Crippen molar-refractivity contribution in [1.29, 1.82) is 0 Å². The first-order valence-electron chi connectivity index (χ1n) is 5.89. The van der Waals surface area contributed by atoms with E-state index in [0.29, 0.717) is 11.5 Å². The molecule has 0 radical (unpaired) electrons. The van der Waals surface area contributed by atoms with Crippen molar-refractivity contribution in [1.82, 2.24) is 9.97 Å². The Kier molecular flexibility index (Phi) is 3.19. The van der Waals surface area contributed by atoms with E-state index in [-0.39, 0.29) is 11.3 Å². The molecule has 0 fully saturated rings. The Bertz CT molecular complexity index is 538. The number of imidazole rings is 1. The molecule has 1 amide bonds. The van der Waals surface area contributed by atoms with E-state index in [0.717, 1.165) is 5.56 Å². The predicted molar refractivity (Wildman–Crippen MR) is 71.7 cm³/mol. The Morgan fingerprint density at radius 3 is 2.61 bits per heavy atom. The number of hydrogen-bond acceptors (Lipinski definition) is 2. The topological polar surface area (TPSA) is 57.8 Å². The number of aromatic amines is 1. The van der Waals surface area contributed by atoms with Crippen LogP contribution in [-0.2, 0) is 5.41 Å². The van der Waals surface area contributed by atoms with Gasteiger partial charge in [0.1, 0.15) is 0 Å². The van der Waals surface area contributed by atoms with Crippen molar-refractivity contribution in [3.8, 4) is 0 Å². The lowest BCUT2D eigenvalue weighted by atomic mass is 9.83. The van der Waals surface area contributed by atoms with E-state index in [1.807, 2.05) is 24.3 Å². The van der Waals surface area contributed by atoms with Gasteiger partial charge in [0.05, 0.1) is 0 Å².